The van der Waals surface area contributed by atoms with Gasteiger partial charge in [-0.2, -0.15) is 0 Å². The molecule has 0 heterocycles. The highest BCUT2D eigenvalue weighted by molar-refractivity contribution is 5.84. The lowest BCUT2D eigenvalue weighted by molar-refractivity contribution is 0.717. The highest BCUT2D eigenvalue weighted by Crippen LogP contribution is 2.18. The van der Waals surface area contributed by atoms with Crippen molar-refractivity contribution in [2.24, 2.45) is 0 Å². The second kappa shape index (κ2) is 8.54. The Labute approximate surface area is 151 Å². The van der Waals surface area contributed by atoms with E-state index < -0.39 is 0 Å². The van der Waals surface area contributed by atoms with E-state index in [1.165, 1.54) is 47.6 Å². The Morgan fingerprint density at radius 1 is 0.640 bits per heavy atom. The van der Waals surface area contributed by atoms with Crippen LogP contribution in [0.1, 0.15) is 55.4 Å². The van der Waals surface area contributed by atoms with Crippen LogP contribution >= 0.6 is 0 Å². The molecule has 0 atom stereocenters. The van der Waals surface area contributed by atoms with Crippen molar-refractivity contribution in [3.63, 3.8) is 0 Å². The minimum absolute atomic E-state index is 1.07. The van der Waals surface area contributed by atoms with Crippen LogP contribution in [0.25, 0.3) is 10.8 Å². The Morgan fingerprint density at radius 3 is 2.04 bits per heavy atom. The molecule has 3 rings (SSSR count). The molecule has 0 nitrogen and oxygen atoms in total. The predicted molar refractivity (Wildman–Crippen MR) is 109 cm³/mol. The summed E-state index contributed by atoms with van der Waals surface area (Å²) in [6.07, 6.45) is 6.11. The van der Waals surface area contributed by atoms with Gasteiger partial charge in [-0.1, -0.05) is 74.9 Å². The lowest BCUT2D eigenvalue weighted by Crippen LogP contribution is -1.85. The molecule has 0 saturated heterocycles. The van der Waals surface area contributed by atoms with E-state index in [2.05, 4.69) is 86.4 Å². The van der Waals surface area contributed by atoms with Crippen LogP contribution in [-0.2, 0) is 12.8 Å². The van der Waals surface area contributed by atoms with Gasteiger partial charge in [0.25, 0.3) is 0 Å². The third-order valence-corrected chi connectivity index (χ3v) is 4.69. The minimum atomic E-state index is 1.07. The van der Waals surface area contributed by atoms with Crippen LogP contribution in [0.2, 0.25) is 0 Å². The number of benzene rings is 3. The molecule has 0 bridgehead atoms. The van der Waals surface area contributed by atoms with Crippen LogP contribution in [0.5, 0.6) is 0 Å². The highest BCUT2D eigenvalue weighted by Gasteiger charge is 1.97. The highest BCUT2D eigenvalue weighted by atomic mass is 14.0. The lowest BCUT2D eigenvalue weighted by Gasteiger charge is -2.02. The van der Waals surface area contributed by atoms with Gasteiger partial charge in [-0.05, 0) is 65.4 Å². The van der Waals surface area contributed by atoms with Gasteiger partial charge in [0.15, 0.2) is 0 Å². The van der Waals surface area contributed by atoms with Crippen molar-refractivity contribution in [1.29, 1.82) is 0 Å². The zero-order valence-electron chi connectivity index (χ0n) is 15.3. The van der Waals surface area contributed by atoms with Crippen molar-refractivity contribution in [2.45, 2.75) is 46.0 Å². The summed E-state index contributed by atoms with van der Waals surface area (Å²) in [7, 11) is 0. The van der Waals surface area contributed by atoms with Gasteiger partial charge in [0.1, 0.15) is 0 Å². The number of unbranched alkanes of at least 4 members (excludes halogenated alkanes) is 2. The van der Waals surface area contributed by atoms with Crippen LogP contribution in [0, 0.1) is 11.8 Å². The fraction of sp³-hybridized carbons (Fsp3) is 0.280. The Balaban J connectivity index is 1.73. The van der Waals surface area contributed by atoms with Gasteiger partial charge in [0.2, 0.25) is 0 Å². The van der Waals surface area contributed by atoms with Crippen molar-refractivity contribution in [2.75, 3.05) is 0 Å². The summed E-state index contributed by atoms with van der Waals surface area (Å²) >= 11 is 0. The first kappa shape index (κ1) is 17.3. The van der Waals surface area contributed by atoms with Crippen LogP contribution in [-0.4, -0.2) is 0 Å². The Hall–Kier alpha value is -2.52. The summed E-state index contributed by atoms with van der Waals surface area (Å²) in [4.78, 5) is 0. The van der Waals surface area contributed by atoms with Gasteiger partial charge >= 0.3 is 0 Å². The van der Waals surface area contributed by atoms with Crippen molar-refractivity contribution in [3.05, 3.63) is 82.9 Å². The summed E-state index contributed by atoms with van der Waals surface area (Å²) < 4.78 is 0. The standard InChI is InChI=1S/C25H26/c1-3-5-6-7-21-8-10-22(11-9-21)12-13-23-15-17-24-18-20(4-2)14-16-25(24)19-23/h8-11,14-19H,3-7H2,1-2H3. The molecule has 0 spiro atoms. The van der Waals surface area contributed by atoms with E-state index in [0.717, 1.165) is 17.5 Å². The molecule has 0 aliphatic carbocycles. The molecule has 0 heteroatoms. The first-order valence-electron chi connectivity index (χ1n) is 9.42. The first-order chi connectivity index (χ1) is 12.3. The minimum Gasteiger partial charge on any atom is -0.0654 e. The number of aryl methyl sites for hydroxylation is 2. The van der Waals surface area contributed by atoms with E-state index in [-0.39, 0.29) is 0 Å². The van der Waals surface area contributed by atoms with Gasteiger partial charge in [-0.15, -0.1) is 0 Å². The maximum absolute atomic E-state index is 3.30. The van der Waals surface area contributed by atoms with Crippen molar-refractivity contribution in [1.82, 2.24) is 0 Å². The second-order valence-corrected chi connectivity index (χ2v) is 6.65. The smallest absolute Gasteiger partial charge is 0.0255 e. The number of hydrogen-bond donors (Lipinski definition) is 0. The maximum atomic E-state index is 3.30. The summed E-state index contributed by atoms with van der Waals surface area (Å²) in [5, 5.41) is 2.55. The molecule has 0 aliphatic heterocycles. The van der Waals surface area contributed by atoms with E-state index in [1.54, 1.807) is 0 Å². The third kappa shape index (κ3) is 4.74. The Bertz CT molecular complexity index is 889. The molecule has 0 aromatic heterocycles. The maximum Gasteiger partial charge on any atom is 0.0255 e. The molecule has 3 aromatic rings. The fourth-order valence-electron chi connectivity index (χ4n) is 3.07. The summed E-state index contributed by atoms with van der Waals surface area (Å²) in [6.45, 7) is 4.43. The van der Waals surface area contributed by atoms with Crippen molar-refractivity contribution >= 4 is 10.8 Å². The topological polar surface area (TPSA) is 0 Å². The van der Waals surface area contributed by atoms with E-state index in [9.17, 15) is 0 Å². The average Bonchev–Trinajstić information content (AvgIpc) is 2.67. The molecular formula is C25H26. The van der Waals surface area contributed by atoms with E-state index in [0.29, 0.717) is 0 Å². The largest absolute Gasteiger partial charge is 0.0654 e. The molecular weight excluding hydrogens is 300 g/mol. The lowest BCUT2D eigenvalue weighted by atomic mass is 10.0. The average molecular weight is 326 g/mol. The molecule has 0 N–H and O–H groups in total. The zero-order chi connectivity index (χ0) is 17.5. The Kier molecular flexibility index (Phi) is 5.91. The van der Waals surface area contributed by atoms with E-state index in [4.69, 9.17) is 0 Å². The second-order valence-electron chi connectivity index (χ2n) is 6.65. The molecule has 0 fully saturated rings. The third-order valence-electron chi connectivity index (χ3n) is 4.69. The molecule has 126 valence electrons. The molecule has 0 radical (unpaired) electrons. The van der Waals surface area contributed by atoms with Gasteiger partial charge in [0.05, 0.1) is 0 Å². The van der Waals surface area contributed by atoms with Crippen LogP contribution in [0.4, 0.5) is 0 Å². The quantitative estimate of drug-likeness (QED) is 0.369. The van der Waals surface area contributed by atoms with Crippen molar-refractivity contribution < 1.29 is 0 Å². The number of fused-ring (bicyclic) bond motifs is 1. The van der Waals surface area contributed by atoms with Gasteiger partial charge < -0.3 is 0 Å². The normalized spacial score (nSPS) is 10.5. The van der Waals surface area contributed by atoms with Crippen LogP contribution < -0.4 is 0 Å². The van der Waals surface area contributed by atoms with Gasteiger partial charge in [-0.3, -0.25) is 0 Å². The summed E-state index contributed by atoms with van der Waals surface area (Å²) in [6, 6.07) is 21.9. The number of rotatable bonds is 5. The van der Waals surface area contributed by atoms with Crippen LogP contribution in [0.3, 0.4) is 0 Å². The van der Waals surface area contributed by atoms with E-state index in [1.807, 2.05) is 0 Å². The number of hydrogen-bond acceptors (Lipinski definition) is 0. The van der Waals surface area contributed by atoms with Crippen LogP contribution in [0.15, 0.2) is 60.7 Å². The predicted octanol–water partition coefficient (Wildman–Crippen LogP) is 6.53. The first-order valence-corrected chi connectivity index (χ1v) is 9.42. The molecule has 0 saturated carbocycles. The van der Waals surface area contributed by atoms with E-state index >= 15 is 0 Å². The fourth-order valence-corrected chi connectivity index (χ4v) is 3.07. The monoisotopic (exact) mass is 326 g/mol. The zero-order valence-corrected chi connectivity index (χ0v) is 15.3. The van der Waals surface area contributed by atoms with Gasteiger partial charge in [0, 0.05) is 11.1 Å². The molecule has 0 aliphatic rings. The Morgan fingerprint density at radius 2 is 1.28 bits per heavy atom. The van der Waals surface area contributed by atoms with Crippen molar-refractivity contribution in [3.8, 4) is 11.8 Å². The summed E-state index contributed by atoms with van der Waals surface area (Å²) in [5.74, 6) is 6.60. The molecule has 0 unspecified atom stereocenters. The van der Waals surface area contributed by atoms with Gasteiger partial charge in [-0.25, -0.2) is 0 Å². The SMILES string of the molecule is CCCCCc1ccc(C#Cc2ccc3cc(CC)ccc3c2)cc1. The summed E-state index contributed by atoms with van der Waals surface area (Å²) in [5.41, 5.74) is 4.95. The molecule has 0 amide bonds. The molecule has 25 heavy (non-hydrogen) atoms. The molecule has 3 aromatic carbocycles.